The zero-order valence-electron chi connectivity index (χ0n) is 17.8. The quantitative estimate of drug-likeness (QED) is 0.347. The van der Waals surface area contributed by atoms with Crippen LogP contribution in [0.3, 0.4) is 0 Å². The second-order valence-electron chi connectivity index (χ2n) is 7.43. The summed E-state index contributed by atoms with van der Waals surface area (Å²) in [4.78, 5) is 2.17. The van der Waals surface area contributed by atoms with Gasteiger partial charge in [0.25, 0.3) is 5.13 Å². The van der Waals surface area contributed by atoms with Gasteiger partial charge in [-0.2, -0.15) is 21.6 Å². The molecule has 0 fully saturated rings. The van der Waals surface area contributed by atoms with Crippen molar-refractivity contribution in [2.45, 2.75) is 63.9 Å². The van der Waals surface area contributed by atoms with Crippen molar-refractivity contribution in [3.05, 3.63) is 23.2 Å². The van der Waals surface area contributed by atoms with Gasteiger partial charge in [0, 0.05) is 23.8 Å². The lowest BCUT2D eigenvalue weighted by Gasteiger charge is -2.39. The first-order valence-electron chi connectivity index (χ1n) is 10.4. The van der Waals surface area contributed by atoms with Crippen LogP contribution in [-0.2, 0) is 16.4 Å². The lowest BCUT2D eigenvalue weighted by atomic mass is 9.92. The molecular formula is C19H25F3N6O2S2. The number of fused-ring (bicyclic) bond motifs is 1. The summed E-state index contributed by atoms with van der Waals surface area (Å²) in [5, 5.41) is 15.4. The second-order valence-corrected chi connectivity index (χ2v) is 9.92. The topological polar surface area (TPSA) is 99.9 Å². The van der Waals surface area contributed by atoms with Crippen molar-refractivity contribution in [1.29, 1.82) is 0 Å². The summed E-state index contributed by atoms with van der Waals surface area (Å²) in [7, 11) is -5.63. The van der Waals surface area contributed by atoms with Crippen LogP contribution in [0.25, 0.3) is 0 Å². The van der Waals surface area contributed by atoms with E-state index in [1.807, 2.05) is 0 Å². The summed E-state index contributed by atoms with van der Waals surface area (Å²) in [6.07, 6.45) is 5.02. The van der Waals surface area contributed by atoms with Gasteiger partial charge in [-0.05, 0) is 37.8 Å². The monoisotopic (exact) mass is 490 g/mol. The summed E-state index contributed by atoms with van der Waals surface area (Å²) in [6.45, 7) is 4.91. The zero-order valence-corrected chi connectivity index (χ0v) is 19.4. The van der Waals surface area contributed by atoms with Crippen LogP contribution in [0.5, 0.6) is 0 Å². The fourth-order valence-electron chi connectivity index (χ4n) is 3.77. The van der Waals surface area contributed by atoms with E-state index in [4.69, 9.17) is 0 Å². The van der Waals surface area contributed by atoms with Crippen LogP contribution in [0.2, 0.25) is 0 Å². The van der Waals surface area contributed by atoms with Crippen LogP contribution in [0, 0.1) is 0 Å². The van der Waals surface area contributed by atoms with Crippen molar-refractivity contribution in [1.82, 2.24) is 10.2 Å². The molecule has 0 saturated heterocycles. The molecule has 0 saturated carbocycles. The molecular weight excluding hydrogens is 465 g/mol. The molecule has 1 N–H and O–H groups in total. The number of azo groups is 1. The number of aromatic nitrogens is 2. The lowest BCUT2D eigenvalue weighted by Crippen LogP contribution is -2.40. The Morgan fingerprint density at radius 3 is 2.66 bits per heavy atom. The molecule has 0 aliphatic carbocycles. The van der Waals surface area contributed by atoms with E-state index in [1.165, 1.54) is 11.6 Å². The zero-order chi connectivity index (χ0) is 23.4. The number of benzene rings is 1. The highest BCUT2D eigenvalue weighted by Gasteiger charge is 2.47. The fourth-order valence-corrected chi connectivity index (χ4v) is 4.75. The summed E-state index contributed by atoms with van der Waals surface area (Å²) < 4.78 is 65.1. The molecule has 32 heavy (non-hydrogen) atoms. The van der Waals surface area contributed by atoms with Gasteiger partial charge < -0.3 is 4.90 Å². The van der Waals surface area contributed by atoms with E-state index in [-0.39, 0.29) is 22.5 Å². The first-order chi connectivity index (χ1) is 15.2. The molecule has 176 valence electrons. The van der Waals surface area contributed by atoms with Crippen LogP contribution in [0.1, 0.15) is 51.5 Å². The maximum atomic E-state index is 13.2. The van der Waals surface area contributed by atoms with Crippen LogP contribution in [-0.4, -0.2) is 36.7 Å². The van der Waals surface area contributed by atoms with E-state index in [0.29, 0.717) is 18.4 Å². The first-order valence-corrected chi connectivity index (χ1v) is 12.7. The van der Waals surface area contributed by atoms with Gasteiger partial charge in [-0.1, -0.05) is 38.0 Å². The van der Waals surface area contributed by atoms with Crippen molar-refractivity contribution in [2.75, 3.05) is 16.2 Å². The Kier molecular flexibility index (Phi) is 7.70. The van der Waals surface area contributed by atoms with Gasteiger partial charge in [-0.25, -0.2) is 0 Å². The number of nitrogens with zero attached hydrogens (tertiary/aromatic N) is 5. The van der Waals surface area contributed by atoms with Crippen molar-refractivity contribution in [3.63, 3.8) is 0 Å². The third kappa shape index (κ3) is 5.37. The second kappa shape index (κ2) is 10.1. The summed E-state index contributed by atoms with van der Waals surface area (Å²) >= 11 is 1.10. The minimum absolute atomic E-state index is 0.00442. The van der Waals surface area contributed by atoms with E-state index in [2.05, 4.69) is 39.2 Å². The predicted molar refractivity (Wildman–Crippen MR) is 118 cm³/mol. The Morgan fingerprint density at radius 2 is 2.03 bits per heavy atom. The van der Waals surface area contributed by atoms with Crippen LogP contribution in [0.4, 0.5) is 35.4 Å². The molecule has 1 aromatic heterocycles. The molecule has 0 bridgehead atoms. The number of rotatable bonds is 9. The molecule has 1 aliphatic rings. The summed E-state index contributed by atoms with van der Waals surface area (Å²) in [5.41, 5.74) is -2.99. The molecule has 1 aliphatic heterocycles. The van der Waals surface area contributed by atoms with E-state index in [9.17, 15) is 21.6 Å². The number of nitrogens with one attached hydrogen (secondary N) is 1. The van der Waals surface area contributed by atoms with Crippen molar-refractivity contribution < 1.29 is 21.6 Å². The highest BCUT2D eigenvalue weighted by molar-refractivity contribution is 7.93. The minimum Gasteiger partial charge on any atom is -0.368 e. The molecule has 3 rings (SSSR count). The molecule has 1 aromatic carbocycles. The van der Waals surface area contributed by atoms with Crippen LogP contribution >= 0.6 is 11.3 Å². The normalized spacial score (nSPS) is 17.0. The number of anilines is 2. The first kappa shape index (κ1) is 24.4. The van der Waals surface area contributed by atoms with Gasteiger partial charge in [0.05, 0.1) is 5.69 Å². The Bertz CT molecular complexity index is 1040. The standard InChI is InChI=1S/C19H25F3N6O2S2/c1-3-5-6-11-28-13(4-2)7-8-14-16(28)10-9-15(24-26-18-25-23-12-31-18)17(14)27-32(29,30)19(20,21)22/h9-10,12-13,27H,3-8,11H2,1-2H3. The van der Waals surface area contributed by atoms with E-state index in [0.717, 1.165) is 49.3 Å². The highest BCUT2D eigenvalue weighted by atomic mass is 32.2. The number of hydrogen-bond donors (Lipinski definition) is 1. The fraction of sp³-hybridized carbons (Fsp3) is 0.579. The van der Waals surface area contributed by atoms with Gasteiger partial charge in [0.1, 0.15) is 11.2 Å². The smallest absolute Gasteiger partial charge is 0.368 e. The van der Waals surface area contributed by atoms with Gasteiger partial charge in [0.15, 0.2) is 0 Å². The van der Waals surface area contributed by atoms with Crippen molar-refractivity contribution in [3.8, 4) is 0 Å². The highest BCUT2D eigenvalue weighted by Crippen LogP contribution is 2.43. The third-order valence-electron chi connectivity index (χ3n) is 5.35. The van der Waals surface area contributed by atoms with Gasteiger partial charge in [0.2, 0.25) is 0 Å². The molecule has 1 atom stereocenters. The predicted octanol–water partition coefficient (Wildman–Crippen LogP) is 5.94. The molecule has 0 amide bonds. The van der Waals surface area contributed by atoms with Gasteiger partial charge in [-0.3, -0.25) is 4.72 Å². The Hall–Kier alpha value is -2.28. The molecule has 13 heteroatoms. The van der Waals surface area contributed by atoms with Gasteiger partial charge in [-0.15, -0.1) is 20.4 Å². The molecule has 0 radical (unpaired) electrons. The summed E-state index contributed by atoms with van der Waals surface area (Å²) in [6, 6.07) is 3.51. The summed E-state index contributed by atoms with van der Waals surface area (Å²) in [5.74, 6) is 0. The van der Waals surface area contributed by atoms with Crippen molar-refractivity contribution in [2.24, 2.45) is 10.2 Å². The Morgan fingerprint density at radius 1 is 1.25 bits per heavy atom. The number of sulfonamides is 1. The number of alkyl halides is 3. The largest absolute Gasteiger partial charge is 0.516 e. The van der Waals surface area contributed by atoms with E-state index < -0.39 is 15.5 Å². The van der Waals surface area contributed by atoms with Crippen LogP contribution in [0.15, 0.2) is 27.9 Å². The third-order valence-corrected chi connectivity index (χ3v) is 7.01. The maximum absolute atomic E-state index is 13.2. The van der Waals surface area contributed by atoms with Crippen molar-refractivity contribution >= 4 is 43.6 Å². The Labute approximate surface area is 189 Å². The SMILES string of the molecule is CCCCCN1c2ccc(N=Nc3nncs3)c(NS(=O)(=O)C(F)(F)F)c2CCC1CC. The number of halogens is 3. The molecule has 1 unspecified atom stereocenters. The molecule has 0 spiro atoms. The minimum atomic E-state index is -5.63. The Balaban J connectivity index is 2.08. The lowest BCUT2D eigenvalue weighted by molar-refractivity contribution is -0.0429. The number of unbranched alkanes of at least 4 members (excludes halogenated alkanes) is 2. The maximum Gasteiger partial charge on any atom is 0.516 e. The average Bonchev–Trinajstić information content (AvgIpc) is 3.26. The van der Waals surface area contributed by atoms with E-state index >= 15 is 0 Å². The molecule has 8 nitrogen and oxygen atoms in total. The molecule has 2 heterocycles. The molecule has 2 aromatic rings. The number of hydrogen-bond acceptors (Lipinski definition) is 8. The van der Waals surface area contributed by atoms with Gasteiger partial charge >= 0.3 is 15.5 Å². The average molecular weight is 491 g/mol. The van der Waals surface area contributed by atoms with E-state index in [1.54, 1.807) is 10.8 Å². The van der Waals surface area contributed by atoms with Crippen LogP contribution < -0.4 is 9.62 Å².